The Kier molecular flexibility index (Phi) is 2.30. The SMILES string of the molecule is Cc1sccc1-c1nc(Br)cs1. The molecule has 0 aliphatic rings. The fourth-order valence-corrected chi connectivity index (χ4v) is 3.09. The van der Waals surface area contributed by atoms with Crippen molar-refractivity contribution in [3.63, 3.8) is 0 Å². The van der Waals surface area contributed by atoms with E-state index < -0.39 is 0 Å². The Hall–Kier alpha value is -0.190. The minimum Gasteiger partial charge on any atom is -0.229 e. The van der Waals surface area contributed by atoms with Crippen LogP contribution in [0.25, 0.3) is 10.6 Å². The first-order chi connectivity index (χ1) is 5.77. The number of thiophene rings is 1. The van der Waals surface area contributed by atoms with Crippen LogP contribution in [0.1, 0.15) is 4.88 Å². The number of hydrogen-bond acceptors (Lipinski definition) is 3. The van der Waals surface area contributed by atoms with Crippen LogP contribution in [-0.4, -0.2) is 4.98 Å². The topological polar surface area (TPSA) is 12.9 Å². The summed E-state index contributed by atoms with van der Waals surface area (Å²) in [6.45, 7) is 2.12. The van der Waals surface area contributed by atoms with E-state index >= 15 is 0 Å². The van der Waals surface area contributed by atoms with Gasteiger partial charge in [0.15, 0.2) is 0 Å². The number of aryl methyl sites for hydroxylation is 1. The summed E-state index contributed by atoms with van der Waals surface area (Å²) in [5.74, 6) is 0. The van der Waals surface area contributed by atoms with Crippen LogP contribution in [0.2, 0.25) is 0 Å². The number of hydrogen-bond donors (Lipinski definition) is 0. The van der Waals surface area contributed by atoms with Crippen molar-refractivity contribution in [2.75, 3.05) is 0 Å². The van der Waals surface area contributed by atoms with Gasteiger partial charge in [-0.3, -0.25) is 0 Å². The van der Waals surface area contributed by atoms with Crippen LogP contribution in [0.3, 0.4) is 0 Å². The standard InChI is InChI=1S/C8H6BrNS2/c1-5-6(2-3-11-5)8-10-7(9)4-12-8/h2-4H,1H3. The van der Waals surface area contributed by atoms with Crippen molar-refractivity contribution >= 4 is 38.6 Å². The third kappa shape index (κ3) is 1.46. The molecule has 2 heterocycles. The molecule has 0 unspecified atom stereocenters. The van der Waals surface area contributed by atoms with E-state index in [2.05, 4.69) is 39.3 Å². The van der Waals surface area contributed by atoms with Gasteiger partial charge in [0, 0.05) is 15.8 Å². The third-order valence-electron chi connectivity index (χ3n) is 1.57. The van der Waals surface area contributed by atoms with Gasteiger partial charge in [-0.25, -0.2) is 4.98 Å². The maximum absolute atomic E-state index is 4.36. The first-order valence-electron chi connectivity index (χ1n) is 3.43. The molecular formula is C8H6BrNS2. The van der Waals surface area contributed by atoms with Gasteiger partial charge in [0.25, 0.3) is 0 Å². The Balaban J connectivity index is 2.50. The minimum atomic E-state index is 0.924. The van der Waals surface area contributed by atoms with Gasteiger partial charge in [-0.2, -0.15) is 0 Å². The summed E-state index contributed by atoms with van der Waals surface area (Å²) in [7, 11) is 0. The second-order valence-corrected chi connectivity index (χ2v) is 5.16. The van der Waals surface area contributed by atoms with Crippen LogP contribution < -0.4 is 0 Å². The van der Waals surface area contributed by atoms with E-state index in [4.69, 9.17) is 0 Å². The lowest BCUT2D eigenvalue weighted by Gasteiger charge is -1.90. The molecule has 0 aliphatic carbocycles. The maximum atomic E-state index is 4.36. The highest BCUT2D eigenvalue weighted by atomic mass is 79.9. The first-order valence-corrected chi connectivity index (χ1v) is 5.98. The third-order valence-corrected chi connectivity index (χ3v) is 4.00. The molecule has 0 aromatic carbocycles. The minimum absolute atomic E-state index is 0.924. The molecule has 2 rings (SSSR count). The van der Waals surface area contributed by atoms with Crippen molar-refractivity contribution in [2.45, 2.75) is 6.92 Å². The van der Waals surface area contributed by atoms with Crippen LogP contribution in [0.5, 0.6) is 0 Å². The Bertz CT molecular complexity index is 391. The van der Waals surface area contributed by atoms with Crippen molar-refractivity contribution in [3.05, 3.63) is 26.3 Å². The van der Waals surface area contributed by atoms with Gasteiger partial charge < -0.3 is 0 Å². The normalized spacial score (nSPS) is 10.5. The van der Waals surface area contributed by atoms with E-state index in [1.165, 1.54) is 10.4 Å². The number of thiazole rings is 1. The van der Waals surface area contributed by atoms with Crippen LogP contribution in [0.15, 0.2) is 21.4 Å². The molecule has 4 heteroatoms. The Morgan fingerprint density at radius 1 is 1.42 bits per heavy atom. The summed E-state index contributed by atoms with van der Waals surface area (Å²) in [5.41, 5.74) is 1.26. The summed E-state index contributed by atoms with van der Waals surface area (Å²) in [5, 5.41) is 5.20. The molecule has 1 nitrogen and oxygen atoms in total. The summed E-state index contributed by atoms with van der Waals surface area (Å²) in [4.78, 5) is 5.69. The molecule has 0 aliphatic heterocycles. The fourth-order valence-electron chi connectivity index (χ4n) is 0.985. The Morgan fingerprint density at radius 3 is 2.75 bits per heavy atom. The molecule has 0 bridgehead atoms. The van der Waals surface area contributed by atoms with E-state index in [0.717, 1.165) is 9.61 Å². The Morgan fingerprint density at radius 2 is 2.25 bits per heavy atom. The summed E-state index contributed by atoms with van der Waals surface area (Å²) >= 11 is 6.77. The quantitative estimate of drug-likeness (QED) is 0.756. The molecule has 0 amide bonds. The van der Waals surface area contributed by atoms with E-state index in [-0.39, 0.29) is 0 Å². The second kappa shape index (κ2) is 3.28. The van der Waals surface area contributed by atoms with Gasteiger partial charge in [-0.1, -0.05) is 0 Å². The smallest absolute Gasteiger partial charge is 0.125 e. The lowest BCUT2D eigenvalue weighted by Crippen LogP contribution is -1.73. The largest absolute Gasteiger partial charge is 0.229 e. The summed E-state index contributed by atoms with van der Waals surface area (Å²) < 4.78 is 0.924. The number of rotatable bonds is 1. The molecule has 62 valence electrons. The highest BCUT2D eigenvalue weighted by molar-refractivity contribution is 9.10. The lowest BCUT2D eigenvalue weighted by molar-refractivity contribution is 1.36. The van der Waals surface area contributed by atoms with Crippen molar-refractivity contribution < 1.29 is 0 Å². The van der Waals surface area contributed by atoms with E-state index in [1.54, 1.807) is 22.7 Å². The summed E-state index contributed by atoms with van der Waals surface area (Å²) in [6.07, 6.45) is 0. The van der Waals surface area contributed by atoms with Crippen LogP contribution in [0.4, 0.5) is 0 Å². The van der Waals surface area contributed by atoms with Gasteiger partial charge in [-0.05, 0) is 34.3 Å². The molecule has 0 saturated carbocycles. The molecule has 2 aromatic heterocycles. The maximum Gasteiger partial charge on any atom is 0.125 e. The van der Waals surface area contributed by atoms with Crippen molar-refractivity contribution in [2.24, 2.45) is 0 Å². The van der Waals surface area contributed by atoms with E-state index in [0.29, 0.717) is 0 Å². The van der Waals surface area contributed by atoms with Gasteiger partial charge in [0.2, 0.25) is 0 Å². The van der Waals surface area contributed by atoms with Gasteiger partial charge in [0.1, 0.15) is 9.61 Å². The van der Waals surface area contributed by atoms with Crippen LogP contribution in [-0.2, 0) is 0 Å². The van der Waals surface area contributed by atoms with Crippen LogP contribution >= 0.6 is 38.6 Å². The van der Waals surface area contributed by atoms with Crippen molar-refractivity contribution in [1.82, 2.24) is 4.98 Å². The predicted molar refractivity (Wildman–Crippen MR) is 57.9 cm³/mol. The fraction of sp³-hybridized carbons (Fsp3) is 0.125. The van der Waals surface area contributed by atoms with Gasteiger partial charge >= 0.3 is 0 Å². The highest BCUT2D eigenvalue weighted by Crippen LogP contribution is 2.31. The van der Waals surface area contributed by atoms with Crippen LogP contribution in [0, 0.1) is 6.92 Å². The van der Waals surface area contributed by atoms with Crippen molar-refractivity contribution in [1.29, 1.82) is 0 Å². The molecule has 0 radical (unpaired) electrons. The number of aromatic nitrogens is 1. The molecule has 0 atom stereocenters. The highest BCUT2D eigenvalue weighted by Gasteiger charge is 2.06. The molecule has 12 heavy (non-hydrogen) atoms. The molecule has 0 spiro atoms. The van der Waals surface area contributed by atoms with Gasteiger partial charge in [-0.15, -0.1) is 22.7 Å². The average molecular weight is 260 g/mol. The zero-order valence-corrected chi connectivity index (χ0v) is 9.59. The monoisotopic (exact) mass is 259 g/mol. The zero-order chi connectivity index (χ0) is 8.55. The lowest BCUT2D eigenvalue weighted by atomic mass is 10.3. The molecule has 2 aromatic rings. The van der Waals surface area contributed by atoms with E-state index in [1.807, 2.05) is 5.38 Å². The summed E-state index contributed by atoms with van der Waals surface area (Å²) in [6, 6.07) is 2.12. The van der Waals surface area contributed by atoms with Crippen molar-refractivity contribution in [3.8, 4) is 10.6 Å². The number of nitrogens with zero attached hydrogens (tertiary/aromatic N) is 1. The predicted octanol–water partition coefficient (Wildman–Crippen LogP) is 3.94. The molecule has 0 saturated heterocycles. The average Bonchev–Trinajstić information content (AvgIpc) is 2.58. The molecule has 0 fully saturated rings. The van der Waals surface area contributed by atoms with Gasteiger partial charge in [0.05, 0.1) is 0 Å². The number of halogens is 1. The molecular weight excluding hydrogens is 254 g/mol. The second-order valence-electron chi connectivity index (χ2n) is 2.37. The van der Waals surface area contributed by atoms with E-state index in [9.17, 15) is 0 Å². The zero-order valence-electron chi connectivity index (χ0n) is 6.37. The molecule has 0 N–H and O–H groups in total. The Labute approximate surface area is 87.2 Å². The first kappa shape index (κ1) is 8.41.